The molecule has 1 rings (SSSR count). The molecule has 1 N–H and O–H groups in total. The van der Waals surface area contributed by atoms with E-state index < -0.39 is 12.3 Å². The molecular formula is C6H11FO2. The zero-order valence-corrected chi connectivity index (χ0v) is 5.38. The molecule has 0 bridgehead atoms. The Labute approximate surface area is 53.6 Å². The van der Waals surface area contributed by atoms with E-state index in [1.807, 2.05) is 6.92 Å². The van der Waals surface area contributed by atoms with Crippen LogP contribution < -0.4 is 0 Å². The molecule has 2 nitrogen and oxygen atoms in total. The summed E-state index contributed by atoms with van der Waals surface area (Å²) in [5.41, 5.74) is 0. The Morgan fingerprint density at radius 1 is 1.78 bits per heavy atom. The molecular weight excluding hydrogens is 123 g/mol. The molecule has 1 heterocycles. The fourth-order valence-electron chi connectivity index (χ4n) is 1.07. The molecule has 9 heavy (non-hydrogen) atoms. The number of rotatable bonds is 1. The van der Waals surface area contributed by atoms with Crippen molar-refractivity contribution in [2.75, 3.05) is 6.61 Å². The van der Waals surface area contributed by atoms with Gasteiger partial charge >= 0.3 is 0 Å². The summed E-state index contributed by atoms with van der Waals surface area (Å²) in [5, 5.41) is 8.49. The molecule has 1 unspecified atom stereocenters. The highest BCUT2D eigenvalue weighted by molar-refractivity contribution is 4.79. The van der Waals surface area contributed by atoms with E-state index in [2.05, 4.69) is 0 Å². The Kier molecular flexibility index (Phi) is 2.03. The highest BCUT2D eigenvalue weighted by Gasteiger charge is 2.31. The molecule has 1 aliphatic heterocycles. The van der Waals surface area contributed by atoms with E-state index in [1.54, 1.807) is 0 Å². The second-order valence-corrected chi connectivity index (χ2v) is 2.42. The molecule has 0 spiro atoms. The molecule has 3 heteroatoms. The lowest BCUT2D eigenvalue weighted by Crippen LogP contribution is -2.21. The summed E-state index contributed by atoms with van der Waals surface area (Å²) >= 11 is 0. The summed E-state index contributed by atoms with van der Waals surface area (Å²) in [7, 11) is 0. The van der Waals surface area contributed by atoms with Gasteiger partial charge in [0.2, 0.25) is 0 Å². The first kappa shape index (κ1) is 6.96. The maximum atomic E-state index is 12.6. The molecule has 0 saturated carbocycles. The van der Waals surface area contributed by atoms with Crippen LogP contribution in [0.5, 0.6) is 0 Å². The summed E-state index contributed by atoms with van der Waals surface area (Å²) in [6.07, 6.45) is -1.15. The molecule has 1 aliphatic rings. The summed E-state index contributed by atoms with van der Waals surface area (Å²) in [6.45, 7) is 1.60. The average Bonchev–Trinajstić information content (AvgIpc) is 2.10. The average molecular weight is 134 g/mol. The van der Waals surface area contributed by atoms with Crippen molar-refractivity contribution in [3.63, 3.8) is 0 Å². The lowest BCUT2D eigenvalue weighted by molar-refractivity contribution is 0.000910. The molecule has 0 aromatic carbocycles. The second-order valence-electron chi connectivity index (χ2n) is 2.42. The minimum Gasteiger partial charge on any atom is -0.394 e. The van der Waals surface area contributed by atoms with Gasteiger partial charge in [0.25, 0.3) is 0 Å². The molecule has 0 aromatic rings. The number of aliphatic hydroxyl groups is 1. The summed E-state index contributed by atoms with van der Waals surface area (Å²) in [6, 6.07) is 0. The van der Waals surface area contributed by atoms with E-state index in [0.29, 0.717) is 6.42 Å². The third-order valence-corrected chi connectivity index (χ3v) is 1.55. The van der Waals surface area contributed by atoms with Crippen LogP contribution in [0.2, 0.25) is 0 Å². The van der Waals surface area contributed by atoms with Gasteiger partial charge in [-0.05, 0) is 6.92 Å². The quantitative estimate of drug-likeness (QED) is 0.565. The Morgan fingerprint density at radius 2 is 2.44 bits per heavy atom. The maximum Gasteiger partial charge on any atom is 0.131 e. The Bertz CT molecular complexity index is 97.1. The van der Waals surface area contributed by atoms with Crippen molar-refractivity contribution < 1.29 is 14.2 Å². The molecule has 0 aromatic heterocycles. The fourth-order valence-corrected chi connectivity index (χ4v) is 1.07. The van der Waals surface area contributed by atoms with Crippen molar-refractivity contribution in [1.29, 1.82) is 0 Å². The number of hydrogen-bond acceptors (Lipinski definition) is 2. The van der Waals surface area contributed by atoms with Gasteiger partial charge in [-0.25, -0.2) is 4.39 Å². The number of halogens is 1. The first-order valence-electron chi connectivity index (χ1n) is 3.14. The van der Waals surface area contributed by atoms with Gasteiger partial charge in [0.15, 0.2) is 0 Å². The number of ether oxygens (including phenoxy) is 1. The molecule has 1 saturated heterocycles. The van der Waals surface area contributed by atoms with Crippen LogP contribution >= 0.6 is 0 Å². The maximum absolute atomic E-state index is 12.6. The van der Waals surface area contributed by atoms with Crippen LogP contribution in [-0.4, -0.2) is 30.1 Å². The number of alkyl halides is 1. The van der Waals surface area contributed by atoms with Gasteiger partial charge < -0.3 is 9.84 Å². The Balaban J connectivity index is 2.38. The van der Waals surface area contributed by atoms with Crippen LogP contribution in [0.25, 0.3) is 0 Å². The predicted octanol–water partition coefficient (Wildman–Crippen LogP) is 0.494. The lowest BCUT2D eigenvalue weighted by atomic mass is 10.2. The van der Waals surface area contributed by atoms with E-state index in [9.17, 15) is 4.39 Å². The standard InChI is InChI=1S/C6H11FO2/c1-4-2-5(7)6(3-8)9-4/h4-6,8H,2-3H2,1H3/t4-,5+,6?/m0/s1. The van der Waals surface area contributed by atoms with Gasteiger partial charge in [-0.2, -0.15) is 0 Å². The first-order valence-corrected chi connectivity index (χ1v) is 3.14. The SMILES string of the molecule is C[C@H]1C[C@@H](F)C(CO)O1. The smallest absolute Gasteiger partial charge is 0.131 e. The minimum absolute atomic E-state index is 0.0304. The van der Waals surface area contributed by atoms with Crippen LogP contribution in [0.1, 0.15) is 13.3 Å². The van der Waals surface area contributed by atoms with Crippen LogP contribution in [0.3, 0.4) is 0 Å². The summed E-state index contributed by atoms with van der Waals surface area (Å²) in [4.78, 5) is 0. The van der Waals surface area contributed by atoms with E-state index in [-0.39, 0.29) is 12.7 Å². The van der Waals surface area contributed by atoms with Crippen molar-refractivity contribution in [1.82, 2.24) is 0 Å². The molecule has 1 fully saturated rings. The van der Waals surface area contributed by atoms with Crippen molar-refractivity contribution >= 4 is 0 Å². The van der Waals surface area contributed by atoms with Gasteiger partial charge in [-0.3, -0.25) is 0 Å². The van der Waals surface area contributed by atoms with Crippen molar-refractivity contribution in [3.8, 4) is 0 Å². The number of hydrogen-bond donors (Lipinski definition) is 1. The van der Waals surface area contributed by atoms with Gasteiger partial charge in [-0.1, -0.05) is 0 Å². The molecule has 54 valence electrons. The minimum atomic E-state index is -0.968. The third-order valence-electron chi connectivity index (χ3n) is 1.55. The predicted molar refractivity (Wildman–Crippen MR) is 30.9 cm³/mol. The molecule has 0 radical (unpaired) electrons. The lowest BCUT2D eigenvalue weighted by Gasteiger charge is -2.07. The van der Waals surface area contributed by atoms with Crippen LogP contribution in [-0.2, 0) is 4.74 Å². The van der Waals surface area contributed by atoms with Crippen molar-refractivity contribution in [2.45, 2.75) is 31.7 Å². The third kappa shape index (κ3) is 1.40. The van der Waals surface area contributed by atoms with Crippen molar-refractivity contribution in [3.05, 3.63) is 0 Å². The van der Waals surface area contributed by atoms with E-state index in [4.69, 9.17) is 9.84 Å². The van der Waals surface area contributed by atoms with E-state index >= 15 is 0 Å². The van der Waals surface area contributed by atoms with Crippen LogP contribution in [0.15, 0.2) is 0 Å². The van der Waals surface area contributed by atoms with E-state index in [1.165, 1.54) is 0 Å². The van der Waals surface area contributed by atoms with E-state index in [0.717, 1.165) is 0 Å². The highest BCUT2D eigenvalue weighted by Crippen LogP contribution is 2.21. The summed E-state index contributed by atoms with van der Waals surface area (Å²) < 4.78 is 17.6. The first-order chi connectivity index (χ1) is 4.24. The van der Waals surface area contributed by atoms with Crippen LogP contribution in [0.4, 0.5) is 4.39 Å². The van der Waals surface area contributed by atoms with Gasteiger partial charge in [0, 0.05) is 6.42 Å². The Hall–Kier alpha value is -0.150. The zero-order valence-electron chi connectivity index (χ0n) is 5.38. The van der Waals surface area contributed by atoms with Crippen LogP contribution in [0, 0.1) is 0 Å². The molecule has 0 aliphatic carbocycles. The van der Waals surface area contributed by atoms with Gasteiger partial charge in [0.1, 0.15) is 12.3 Å². The van der Waals surface area contributed by atoms with Gasteiger partial charge in [-0.15, -0.1) is 0 Å². The fraction of sp³-hybridized carbons (Fsp3) is 1.00. The monoisotopic (exact) mass is 134 g/mol. The summed E-state index contributed by atoms with van der Waals surface area (Å²) in [5.74, 6) is 0. The normalized spacial score (nSPS) is 43.7. The van der Waals surface area contributed by atoms with Crippen molar-refractivity contribution in [2.24, 2.45) is 0 Å². The zero-order chi connectivity index (χ0) is 6.85. The Morgan fingerprint density at radius 3 is 2.67 bits per heavy atom. The second kappa shape index (κ2) is 2.62. The highest BCUT2D eigenvalue weighted by atomic mass is 19.1. The number of aliphatic hydroxyl groups excluding tert-OH is 1. The molecule has 3 atom stereocenters. The van der Waals surface area contributed by atoms with Gasteiger partial charge in [0.05, 0.1) is 12.7 Å². The largest absolute Gasteiger partial charge is 0.394 e. The molecule has 0 amide bonds. The topological polar surface area (TPSA) is 29.5 Å².